The number of fused-ring (bicyclic) bond motifs is 1. The number of ether oxygens (including phenoxy) is 2. The highest BCUT2D eigenvalue weighted by Gasteiger charge is 2.29. The molecule has 3 aromatic heterocycles. The topological polar surface area (TPSA) is 208 Å². The predicted octanol–water partition coefficient (Wildman–Crippen LogP) is 2.75. The molecule has 0 bridgehead atoms. The average Bonchev–Trinajstić information content (AvgIpc) is 3.62. The van der Waals surface area contributed by atoms with Gasteiger partial charge in [0.05, 0.1) is 5.56 Å². The normalized spacial score (nSPS) is 10.9. The van der Waals surface area contributed by atoms with E-state index in [4.69, 9.17) is 14.4 Å². The molecule has 1 aromatic carbocycles. The highest BCUT2D eigenvalue weighted by molar-refractivity contribution is 6.19. The van der Waals surface area contributed by atoms with Crippen molar-refractivity contribution in [3.05, 3.63) is 77.5 Å². The molecule has 16 nitrogen and oxygen atoms in total. The van der Waals surface area contributed by atoms with Crippen molar-refractivity contribution < 1.29 is 43.1 Å². The van der Waals surface area contributed by atoms with Gasteiger partial charge in [0, 0.05) is 42.2 Å². The lowest BCUT2D eigenvalue weighted by atomic mass is 10.1. The molecule has 0 atom stereocenters. The monoisotopic (exact) mass is 591 g/mol. The van der Waals surface area contributed by atoms with Crippen LogP contribution >= 0.6 is 0 Å². The maximum absolute atomic E-state index is 13.5. The van der Waals surface area contributed by atoms with Crippen molar-refractivity contribution in [1.82, 2.24) is 25.1 Å². The van der Waals surface area contributed by atoms with E-state index in [2.05, 4.69) is 30.6 Å². The van der Waals surface area contributed by atoms with E-state index in [0.29, 0.717) is 51.7 Å². The van der Waals surface area contributed by atoms with Crippen LogP contribution < -0.4 is 15.5 Å². The number of carbonyl (C=O) groups excluding carboxylic acids is 4. The van der Waals surface area contributed by atoms with Crippen molar-refractivity contribution in [2.24, 2.45) is 0 Å². The van der Waals surface area contributed by atoms with Crippen LogP contribution in [0.3, 0.4) is 0 Å². The Labute approximate surface area is 242 Å². The molecule has 4 aromatic rings. The van der Waals surface area contributed by atoms with E-state index < -0.39 is 30.7 Å². The van der Waals surface area contributed by atoms with Crippen LogP contribution in [0.2, 0.25) is 0 Å². The molecule has 0 aliphatic heterocycles. The zero-order valence-corrected chi connectivity index (χ0v) is 23.1. The number of carboxylic acids is 1. The minimum absolute atomic E-state index is 0.0367. The third kappa shape index (κ3) is 6.82. The number of anilines is 3. The van der Waals surface area contributed by atoms with Gasteiger partial charge in [-0.25, -0.2) is 23.9 Å². The second kappa shape index (κ2) is 13.1. The van der Waals surface area contributed by atoms with Crippen molar-refractivity contribution >= 4 is 52.7 Å². The maximum atomic E-state index is 13.5. The molecule has 16 heteroatoms. The minimum atomic E-state index is -1.37. The number of aliphatic carboxylic acids is 1. The van der Waals surface area contributed by atoms with Crippen LogP contribution in [-0.4, -0.2) is 68.0 Å². The fourth-order valence-corrected chi connectivity index (χ4v) is 3.88. The number of amides is 3. The third-order valence-electron chi connectivity index (χ3n) is 5.93. The molecule has 3 heterocycles. The first-order valence-corrected chi connectivity index (χ1v) is 12.6. The Balaban J connectivity index is 1.59. The molecule has 4 rings (SSSR count). The van der Waals surface area contributed by atoms with Gasteiger partial charge in [-0.3, -0.25) is 9.59 Å². The number of carboxylic acid groups (broad SMARTS) is 1. The van der Waals surface area contributed by atoms with Crippen molar-refractivity contribution in [3.63, 3.8) is 0 Å². The Hall–Kier alpha value is -6.06. The summed E-state index contributed by atoms with van der Waals surface area (Å²) in [6, 6.07) is 5.84. The van der Waals surface area contributed by atoms with Crippen LogP contribution in [-0.2, 0) is 19.1 Å². The van der Waals surface area contributed by atoms with Crippen LogP contribution in [0.25, 0.3) is 5.52 Å². The highest BCUT2D eigenvalue weighted by atomic mass is 16.7. The van der Waals surface area contributed by atoms with Crippen molar-refractivity contribution in [2.45, 2.75) is 20.8 Å². The smallest absolute Gasteiger partial charge is 0.425 e. The van der Waals surface area contributed by atoms with Gasteiger partial charge in [-0.05, 0) is 44.0 Å². The van der Waals surface area contributed by atoms with Gasteiger partial charge >= 0.3 is 18.0 Å². The number of rotatable bonds is 10. The molecule has 0 aliphatic rings. The summed E-state index contributed by atoms with van der Waals surface area (Å²) in [5, 5.41) is 22.3. The number of benzene rings is 1. The number of esters is 1. The van der Waals surface area contributed by atoms with E-state index >= 15 is 0 Å². The molecule has 0 unspecified atom stereocenters. The standard InChI is InChI=1S/C27H25N7O9/c1-4-28-25(38)18-12-33-23(16(18)3)24(29-13-30-33)31-19-11-17(6-5-15(19)2)26(39)34(20-9-10-43-32-20)27(40)42-14-41-22(37)8-7-21(35)36/h5-13H,4,14H2,1-3H3,(H,28,38)(H,35,36)(H,29,30,31)/b8-7+. The zero-order chi connectivity index (χ0) is 31.1. The first-order valence-electron chi connectivity index (χ1n) is 12.6. The number of hydrogen-bond acceptors (Lipinski definition) is 12. The van der Waals surface area contributed by atoms with Crippen LogP contribution in [0.4, 0.5) is 22.1 Å². The summed E-state index contributed by atoms with van der Waals surface area (Å²) in [5.41, 5.74) is 2.82. The average molecular weight is 592 g/mol. The van der Waals surface area contributed by atoms with Crippen molar-refractivity contribution in [3.8, 4) is 0 Å². The number of nitrogens with zero attached hydrogens (tertiary/aromatic N) is 5. The SMILES string of the molecule is CCNC(=O)c1cn2ncnc(Nc3cc(C(=O)N(C(=O)OCOC(=O)/C=C/C(=O)O)c4ccon4)ccc3C)c2c1C. The summed E-state index contributed by atoms with van der Waals surface area (Å²) < 4.78 is 15.8. The molecule has 3 N–H and O–H groups in total. The number of aryl methyl sites for hydroxylation is 2. The predicted molar refractivity (Wildman–Crippen MR) is 148 cm³/mol. The van der Waals surface area contributed by atoms with Gasteiger partial charge in [-0.15, -0.1) is 0 Å². The van der Waals surface area contributed by atoms with E-state index in [9.17, 15) is 24.0 Å². The van der Waals surface area contributed by atoms with Crippen LogP contribution in [0, 0.1) is 13.8 Å². The highest BCUT2D eigenvalue weighted by Crippen LogP contribution is 2.28. The number of carbonyl (C=O) groups is 5. The molecule has 0 saturated carbocycles. The second-order valence-corrected chi connectivity index (χ2v) is 8.74. The fraction of sp³-hybridized carbons (Fsp3) is 0.185. The Kier molecular flexibility index (Phi) is 9.09. The number of hydrogen-bond donors (Lipinski definition) is 3. The van der Waals surface area contributed by atoms with Gasteiger partial charge in [0.2, 0.25) is 6.79 Å². The zero-order valence-electron chi connectivity index (χ0n) is 23.1. The molecule has 43 heavy (non-hydrogen) atoms. The molecular weight excluding hydrogens is 566 g/mol. The van der Waals surface area contributed by atoms with E-state index in [1.165, 1.54) is 29.0 Å². The summed E-state index contributed by atoms with van der Waals surface area (Å²) >= 11 is 0. The van der Waals surface area contributed by atoms with Crippen molar-refractivity contribution in [2.75, 3.05) is 23.6 Å². The molecular formula is C27H25N7O9. The third-order valence-corrected chi connectivity index (χ3v) is 5.93. The van der Waals surface area contributed by atoms with E-state index in [0.717, 1.165) is 11.8 Å². The van der Waals surface area contributed by atoms with Gasteiger partial charge in [0.15, 0.2) is 11.6 Å². The Morgan fingerprint density at radius 1 is 1.12 bits per heavy atom. The summed E-state index contributed by atoms with van der Waals surface area (Å²) in [5.74, 6) is -3.42. The first kappa shape index (κ1) is 29.9. The summed E-state index contributed by atoms with van der Waals surface area (Å²) in [7, 11) is 0. The molecule has 3 amide bonds. The van der Waals surface area contributed by atoms with E-state index in [1.54, 1.807) is 26.1 Å². The van der Waals surface area contributed by atoms with Crippen LogP contribution in [0.1, 0.15) is 38.8 Å². The Bertz CT molecular complexity index is 1730. The number of nitrogens with one attached hydrogen (secondary N) is 2. The van der Waals surface area contributed by atoms with Gasteiger partial charge in [-0.2, -0.15) is 10.00 Å². The number of imide groups is 1. The lowest BCUT2D eigenvalue weighted by molar-refractivity contribution is -0.146. The first-order chi connectivity index (χ1) is 20.6. The Morgan fingerprint density at radius 2 is 1.91 bits per heavy atom. The summed E-state index contributed by atoms with van der Waals surface area (Å²) in [6.07, 6.45) is 3.97. The molecule has 0 aliphatic carbocycles. The lowest BCUT2D eigenvalue weighted by Gasteiger charge is -2.18. The molecule has 0 radical (unpaired) electrons. The second-order valence-electron chi connectivity index (χ2n) is 8.74. The van der Waals surface area contributed by atoms with Crippen LogP contribution in [0.15, 0.2) is 59.7 Å². The van der Waals surface area contributed by atoms with Gasteiger partial charge in [0.25, 0.3) is 11.8 Å². The Morgan fingerprint density at radius 3 is 2.60 bits per heavy atom. The van der Waals surface area contributed by atoms with Crippen molar-refractivity contribution in [1.29, 1.82) is 0 Å². The quantitative estimate of drug-likeness (QED) is 0.138. The molecule has 0 fully saturated rings. The maximum Gasteiger partial charge on any atom is 0.425 e. The molecule has 222 valence electrons. The fourth-order valence-electron chi connectivity index (χ4n) is 3.88. The van der Waals surface area contributed by atoms with E-state index in [1.807, 2.05) is 6.92 Å². The summed E-state index contributed by atoms with van der Waals surface area (Å²) in [4.78, 5) is 65.9. The van der Waals surface area contributed by atoms with Crippen LogP contribution in [0.5, 0.6) is 0 Å². The van der Waals surface area contributed by atoms with E-state index in [-0.39, 0.29) is 17.3 Å². The van der Waals surface area contributed by atoms with Gasteiger partial charge in [-0.1, -0.05) is 11.2 Å². The summed E-state index contributed by atoms with van der Waals surface area (Å²) in [6.45, 7) is 4.91. The lowest BCUT2D eigenvalue weighted by Crippen LogP contribution is -2.38. The minimum Gasteiger partial charge on any atom is -0.478 e. The largest absolute Gasteiger partial charge is 0.478 e. The number of aromatic nitrogens is 4. The molecule has 0 saturated heterocycles. The van der Waals surface area contributed by atoms with Gasteiger partial charge in [0.1, 0.15) is 18.1 Å². The van der Waals surface area contributed by atoms with Gasteiger partial charge < -0.3 is 29.7 Å². The molecule has 0 spiro atoms.